The van der Waals surface area contributed by atoms with Gasteiger partial charge in [0.05, 0.1) is 0 Å². The van der Waals surface area contributed by atoms with Gasteiger partial charge in [0.1, 0.15) is 12.6 Å². The number of ether oxygens (including phenoxy) is 1. The molecule has 0 saturated heterocycles. The molecule has 5 heteroatoms. The van der Waals surface area contributed by atoms with E-state index < -0.39 is 18.1 Å². The Morgan fingerprint density at radius 2 is 1.84 bits per heavy atom. The van der Waals surface area contributed by atoms with Crippen molar-refractivity contribution in [3.05, 3.63) is 35.9 Å². The third kappa shape index (κ3) is 3.65. The topological polar surface area (TPSA) is 75.6 Å². The van der Waals surface area contributed by atoms with Gasteiger partial charge in [-0.05, 0) is 42.6 Å². The van der Waals surface area contributed by atoms with E-state index >= 15 is 0 Å². The molecule has 1 amide bonds. The Labute approximate surface area is 148 Å². The molecule has 2 bridgehead atoms. The number of aliphatic carboxylic acids is 1. The van der Waals surface area contributed by atoms with Gasteiger partial charge in [-0.3, -0.25) is 0 Å². The lowest BCUT2D eigenvalue weighted by Crippen LogP contribution is -2.71. The predicted octanol–water partition coefficient (Wildman–Crippen LogP) is 3.97. The monoisotopic (exact) mass is 345 g/mol. The van der Waals surface area contributed by atoms with Crippen LogP contribution in [-0.4, -0.2) is 23.2 Å². The van der Waals surface area contributed by atoms with Crippen LogP contribution in [0.3, 0.4) is 0 Å². The molecule has 3 saturated carbocycles. The van der Waals surface area contributed by atoms with Gasteiger partial charge in [0.25, 0.3) is 0 Å². The van der Waals surface area contributed by atoms with Gasteiger partial charge in [-0.15, -0.1) is 0 Å². The summed E-state index contributed by atoms with van der Waals surface area (Å²) in [6, 6.07) is 8.51. The molecule has 0 aliphatic heterocycles. The molecule has 1 aromatic rings. The van der Waals surface area contributed by atoms with Crippen molar-refractivity contribution in [2.45, 2.75) is 58.6 Å². The highest BCUT2D eigenvalue weighted by Gasteiger charge is 2.71. The van der Waals surface area contributed by atoms with Crippen LogP contribution in [0.5, 0.6) is 0 Å². The van der Waals surface area contributed by atoms with Crippen molar-refractivity contribution in [1.82, 2.24) is 5.32 Å². The van der Waals surface area contributed by atoms with Gasteiger partial charge in [-0.2, -0.15) is 0 Å². The Morgan fingerprint density at radius 3 is 2.40 bits per heavy atom. The van der Waals surface area contributed by atoms with E-state index in [1.165, 1.54) is 6.42 Å². The molecule has 1 atom stereocenters. The van der Waals surface area contributed by atoms with Crippen molar-refractivity contribution in [2.24, 2.45) is 16.7 Å². The van der Waals surface area contributed by atoms with E-state index in [4.69, 9.17) is 4.74 Å². The van der Waals surface area contributed by atoms with Crippen LogP contribution in [0.4, 0.5) is 4.79 Å². The van der Waals surface area contributed by atoms with Crippen LogP contribution in [0.25, 0.3) is 0 Å². The standard InChI is InChI=1S/C20H27NO4/c1-14(2)8-9-19-11-20(12-19,13-19)16(17(22)23)21-18(24)25-10-15-6-4-3-5-7-15/h3-7,14,16H,8-13H2,1-2H3,(H,21,24)(H,22,23). The van der Waals surface area contributed by atoms with Crippen LogP contribution in [0.15, 0.2) is 30.3 Å². The summed E-state index contributed by atoms with van der Waals surface area (Å²) in [6.45, 7) is 4.57. The Balaban J connectivity index is 1.50. The highest BCUT2D eigenvalue weighted by molar-refractivity contribution is 5.81. The molecule has 0 heterocycles. The van der Waals surface area contributed by atoms with Crippen LogP contribution in [0, 0.1) is 16.7 Å². The van der Waals surface area contributed by atoms with Crippen molar-refractivity contribution in [3.8, 4) is 0 Å². The SMILES string of the molecule is CC(C)CCC12CC(C(NC(=O)OCc3ccccc3)C(=O)O)(C1)C2. The quantitative estimate of drug-likeness (QED) is 0.747. The normalized spacial score (nSPS) is 27.8. The zero-order valence-corrected chi connectivity index (χ0v) is 15.0. The van der Waals surface area contributed by atoms with E-state index in [1.807, 2.05) is 30.3 Å². The number of alkyl carbamates (subject to hydrolysis) is 1. The maximum absolute atomic E-state index is 12.0. The van der Waals surface area contributed by atoms with E-state index in [0.29, 0.717) is 11.3 Å². The summed E-state index contributed by atoms with van der Waals surface area (Å²) in [7, 11) is 0. The molecule has 1 unspecified atom stereocenters. The minimum absolute atomic E-state index is 0.143. The second-order valence-electron chi connectivity index (χ2n) is 8.30. The summed E-state index contributed by atoms with van der Waals surface area (Å²) in [5, 5.41) is 12.2. The zero-order chi connectivity index (χ0) is 18.1. The average molecular weight is 345 g/mol. The molecule has 0 aromatic heterocycles. The van der Waals surface area contributed by atoms with Crippen molar-refractivity contribution >= 4 is 12.1 Å². The van der Waals surface area contributed by atoms with Gasteiger partial charge >= 0.3 is 12.1 Å². The fourth-order valence-electron chi connectivity index (χ4n) is 4.61. The number of carbonyl (C=O) groups excluding carboxylic acids is 1. The molecule has 1 aromatic carbocycles. The van der Waals surface area contributed by atoms with E-state index in [2.05, 4.69) is 19.2 Å². The van der Waals surface area contributed by atoms with Crippen LogP contribution in [-0.2, 0) is 16.1 Å². The number of nitrogens with one attached hydrogen (secondary N) is 1. The van der Waals surface area contributed by atoms with Crippen molar-refractivity contribution < 1.29 is 19.4 Å². The lowest BCUT2D eigenvalue weighted by molar-refractivity contribution is -0.228. The lowest BCUT2D eigenvalue weighted by Gasteiger charge is -2.73. The Morgan fingerprint density at radius 1 is 1.20 bits per heavy atom. The molecule has 4 rings (SSSR count). The Bertz CT molecular complexity index is 621. The fourth-order valence-corrected chi connectivity index (χ4v) is 4.61. The first-order chi connectivity index (χ1) is 11.8. The van der Waals surface area contributed by atoms with Crippen molar-refractivity contribution in [1.29, 1.82) is 0 Å². The van der Waals surface area contributed by atoms with Gasteiger partial charge in [-0.25, -0.2) is 9.59 Å². The molecule has 0 spiro atoms. The summed E-state index contributed by atoms with van der Waals surface area (Å²) in [5.74, 6) is -0.292. The highest BCUT2D eigenvalue weighted by atomic mass is 16.5. The Kier molecular flexibility index (Phi) is 4.76. The zero-order valence-electron chi connectivity index (χ0n) is 15.0. The van der Waals surface area contributed by atoms with Gasteiger partial charge in [-0.1, -0.05) is 50.6 Å². The number of rotatable bonds is 8. The van der Waals surface area contributed by atoms with E-state index in [-0.39, 0.29) is 12.0 Å². The third-order valence-corrected chi connectivity index (χ3v) is 5.77. The van der Waals surface area contributed by atoms with Gasteiger partial charge in [0.15, 0.2) is 0 Å². The summed E-state index contributed by atoms with van der Waals surface area (Å²) < 4.78 is 5.18. The van der Waals surface area contributed by atoms with Crippen LogP contribution in [0.2, 0.25) is 0 Å². The highest BCUT2D eigenvalue weighted by Crippen LogP contribution is 2.76. The number of carbonyl (C=O) groups is 2. The molecule has 5 nitrogen and oxygen atoms in total. The van der Waals surface area contributed by atoms with Crippen molar-refractivity contribution in [2.75, 3.05) is 0 Å². The summed E-state index contributed by atoms with van der Waals surface area (Å²) >= 11 is 0. The number of carboxylic acid groups (broad SMARTS) is 1. The number of hydrogen-bond donors (Lipinski definition) is 2. The largest absolute Gasteiger partial charge is 0.480 e. The van der Waals surface area contributed by atoms with Crippen molar-refractivity contribution in [3.63, 3.8) is 0 Å². The third-order valence-electron chi connectivity index (χ3n) is 5.77. The molecule has 136 valence electrons. The summed E-state index contributed by atoms with van der Waals surface area (Å²) in [4.78, 5) is 23.7. The second-order valence-corrected chi connectivity index (χ2v) is 8.30. The van der Waals surface area contributed by atoms with Crippen LogP contribution in [0.1, 0.15) is 51.5 Å². The van der Waals surface area contributed by atoms with E-state index in [1.54, 1.807) is 0 Å². The maximum Gasteiger partial charge on any atom is 0.408 e. The molecule has 2 N–H and O–H groups in total. The summed E-state index contributed by atoms with van der Waals surface area (Å²) in [5.41, 5.74) is 0.935. The molecular formula is C20H27NO4. The molecule has 3 aliphatic carbocycles. The number of amides is 1. The minimum Gasteiger partial charge on any atom is -0.480 e. The predicted molar refractivity (Wildman–Crippen MR) is 94.0 cm³/mol. The summed E-state index contributed by atoms with van der Waals surface area (Å²) in [6.07, 6.45) is 4.41. The first-order valence-electron chi connectivity index (χ1n) is 9.04. The molecular weight excluding hydrogens is 318 g/mol. The van der Waals surface area contributed by atoms with Crippen LogP contribution < -0.4 is 5.32 Å². The molecule has 0 radical (unpaired) electrons. The number of benzene rings is 1. The van der Waals surface area contributed by atoms with Crippen LogP contribution >= 0.6 is 0 Å². The maximum atomic E-state index is 12.0. The first-order valence-corrected chi connectivity index (χ1v) is 9.04. The molecule has 25 heavy (non-hydrogen) atoms. The fraction of sp³-hybridized carbons (Fsp3) is 0.600. The van der Waals surface area contributed by atoms with E-state index in [0.717, 1.165) is 31.2 Å². The lowest BCUT2D eigenvalue weighted by atomic mass is 9.32. The van der Waals surface area contributed by atoms with Gasteiger partial charge in [0, 0.05) is 5.41 Å². The second kappa shape index (κ2) is 6.70. The van der Waals surface area contributed by atoms with E-state index in [9.17, 15) is 14.7 Å². The first kappa shape index (κ1) is 17.8. The number of hydrogen-bond acceptors (Lipinski definition) is 3. The average Bonchev–Trinajstić information content (AvgIpc) is 2.49. The van der Waals surface area contributed by atoms with Gasteiger partial charge < -0.3 is 15.2 Å². The molecule has 3 fully saturated rings. The minimum atomic E-state index is -0.964. The smallest absolute Gasteiger partial charge is 0.408 e. The Hall–Kier alpha value is -2.04. The number of carboxylic acids is 1. The molecule has 3 aliphatic rings. The van der Waals surface area contributed by atoms with Gasteiger partial charge in [0.2, 0.25) is 0 Å².